The van der Waals surface area contributed by atoms with Crippen LogP contribution in [0.1, 0.15) is 18.9 Å². The maximum absolute atomic E-state index is 11.5. The third-order valence-electron chi connectivity index (χ3n) is 2.53. The highest BCUT2D eigenvalue weighted by molar-refractivity contribution is 5.75. The van der Waals surface area contributed by atoms with E-state index in [1.165, 1.54) is 0 Å². The normalized spacial score (nSPS) is 9.70. The van der Waals surface area contributed by atoms with Crippen molar-refractivity contribution in [2.75, 3.05) is 20.3 Å². The van der Waals surface area contributed by atoms with Crippen molar-refractivity contribution in [1.82, 2.24) is 10.6 Å². The lowest BCUT2D eigenvalue weighted by Crippen LogP contribution is -2.36. The van der Waals surface area contributed by atoms with Crippen molar-refractivity contribution in [2.24, 2.45) is 0 Å². The quantitative estimate of drug-likeness (QED) is 0.741. The summed E-state index contributed by atoms with van der Waals surface area (Å²) in [6, 6.07) is 7.09. The van der Waals surface area contributed by atoms with Crippen molar-refractivity contribution in [1.29, 1.82) is 0 Å². The second kappa shape index (κ2) is 8.79. The number of amides is 2. The van der Waals surface area contributed by atoms with Crippen molar-refractivity contribution in [3.8, 4) is 5.75 Å². The van der Waals surface area contributed by atoms with Crippen LogP contribution in [0.3, 0.4) is 0 Å². The number of ether oxygens (including phenoxy) is 2. The molecule has 0 bridgehead atoms. The molecule has 6 nitrogen and oxygen atoms in total. The number of methoxy groups -OCH3 is 1. The van der Waals surface area contributed by atoms with Crippen LogP contribution >= 0.6 is 0 Å². The van der Waals surface area contributed by atoms with Crippen molar-refractivity contribution in [3.63, 3.8) is 0 Å². The average molecular weight is 280 g/mol. The van der Waals surface area contributed by atoms with Crippen molar-refractivity contribution >= 4 is 12.0 Å². The Bertz CT molecular complexity index is 431. The molecule has 1 aromatic rings. The Labute approximate surface area is 118 Å². The lowest BCUT2D eigenvalue weighted by atomic mass is 10.2. The Balaban J connectivity index is 2.20. The van der Waals surface area contributed by atoms with Gasteiger partial charge >= 0.3 is 12.0 Å². The minimum absolute atomic E-state index is 0.170. The van der Waals surface area contributed by atoms with Crippen LogP contribution in [0.5, 0.6) is 5.75 Å². The van der Waals surface area contributed by atoms with E-state index in [4.69, 9.17) is 9.47 Å². The van der Waals surface area contributed by atoms with E-state index in [1.54, 1.807) is 14.0 Å². The molecular formula is C14H20N2O4. The average Bonchev–Trinajstić information content (AvgIpc) is 2.46. The second-order valence-electron chi connectivity index (χ2n) is 4.01. The highest BCUT2D eigenvalue weighted by Gasteiger charge is 2.04. The maximum atomic E-state index is 11.5. The van der Waals surface area contributed by atoms with E-state index >= 15 is 0 Å². The van der Waals surface area contributed by atoms with E-state index in [-0.39, 0.29) is 25.0 Å². The lowest BCUT2D eigenvalue weighted by Gasteiger charge is -2.08. The predicted octanol–water partition coefficient (Wildman–Crippen LogP) is 1.45. The lowest BCUT2D eigenvalue weighted by molar-refractivity contribution is -0.142. The number of carbonyl (C=O) groups is 2. The molecule has 0 aliphatic heterocycles. The van der Waals surface area contributed by atoms with Gasteiger partial charge in [0.1, 0.15) is 5.75 Å². The molecule has 110 valence electrons. The SMILES string of the molecule is CCOC(=O)CCNC(=O)NCc1ccc(OC)cc1. The number of nitrogens with one attached hydrogen (secondary N) is 2. The fourth-order valence-electron chi connectivity index (χ4n) is 1.50. The van der Waals surface area contributed by atoms with Gasteiger partial charge in [-0.25, -0.2) is 4.79 Å². The van der Waals surface area contributed by atoms with Crippen LogP contribution in [0.4, 0.5) is 4.79 Å². The Hall–Kier alpha value is -2.24. The minimum atomic E-state index is -0.317. The zero-order valence-corrected chi connectivity index (χ0v) is 11.8. The first kappa shape index (κ1) is 15.8. The molecule has 1 aromatic carbocycles. The van der Waals surface area contributed by atoms with Crippen molar-refractivity contribution in [3.05, 3.63) is 29.8 Å². The molecule has 0 unspecified atom stereocenters. The number of carbonyl (C=O) groups excluding carboxylic acids is 2. The third kappa shape index (κ3) is 6.08. The summed E-state index contributed by atoms with van der Waals surface area (Å²) in [7, 11) is 1.60. The summed E-state index contributed by atoms with van der Waals surface area (Å²) < 4.78 is 9.80. The Morgan fingerprint density at radius 3 is 2.45 bits per heavy atom. The summed E-state index contributed by atoms with van der Waals surface area (Å²) in [6.45, 7) is 2.76. The van der Waals surface area contributed by atoms with E-state index < -0.39 is 0 Å². The fraction of sp³-hybridized carbons (Fsp3) is 0.429. The summed E-state index contributed by atoms with van der Waals surface area (Å²) in [5, 5.41) is 5.29. The Morgan fingerprint density at radius 2 is 1.85 bits per heavy atom. The van der Waals surface area contributed by atoms with Gasteiger partial charge in [-0.2, -0.15) is 0 Å². The van der Waals surface area contributed by atoms with Gasteiger partial charge in [0, 0.05) is 13.1 Å². The number of rotatable bonds is 7. The summed E-state index contributed by atoms with van der Waals surface area (Å²) in [6.07, 6.45) is 0.170. The third-order valence-corrected chi connectivity index (χ3v) is 2.53. The Morgan fingerprint density at radius 1 is 1.15 bits per heavy atom. The summed E-state index contributed by atoms with van der Waals surface area (Å²) in [5.41, 5.74) is 0.964. The van der Waals surface area contributed by atoms with E-state index in [2.05, 4.69) is 10.6 Å². The highest BCUT2D eigenvalue weighted by atomic mass is 16.5. The van der Waals surface area contributed by atoms with Gasteiger partial charge < -0.3 is 20.1 Å². The molecule has 0 atom stereocenters. The molecular weight excluding hydrogens is 260 g/mol. The zero-order valence-electron chi connectivity index (χ0n) is 11.8. The number of benzene rings is 1. The maximum Gasteiger partial charge on any atom is 0.315 e. The van der Waals surface area contributed by atoms with Gasteiger partial charge in [-0.1, -0.05) is 12.1 Å². The molecule has 0 saturated carbocycles. The van der Waals surface area contributed by atoms with E-state index in [0.29, 0.717) is 13.2 Å². The van der Waals surface area contributed by atoms with Gasteiger partial charge in [0.2, 0.25) is 0 Å². The van der Waals surface area contributed by atoms with E-state index in [0.717, 1.165) is 11.3 Å². The molecule has 0 radical (unpaired) electrons. The van der Waals surface area contributed by atoms with E-state index in [9.17, 15) is 9.59 Å². The topological polar surface area (TPSA) is 76.7 Å². The monoisotopic (exact) mass is 280 g/mol. The van der Waals surface area contributed by atoms with Crippen LogP contribution in [0.2, 0.25) is 0 Å². The molecule has 0 aliphatic carbocycles. The smallest absolute Gasteiger partial charge is 0.315 e. The van der Waals surface area contributed by atoms with Gasteiger partial charge in [-0.3, -0.25) is 4.79 Å². The van der Waals surface area contributed by atoms with Crippen LogP contribution < -0.4 is 15.4 Å². The Kier molecular flexibility index (Phi) is 6.95. The fourth-order valence-corrected chi connectivity index (χ4v) is 1.50. The number of urea groups is 1. The largest absolute Gasteiger partial charge is 0.497 e. The van der Waals surface area contributed by atoms with Crippen LogP contribution in [-0.4, -0.2) is 32.3 Å². The predicted molar refractivity (Wildman–Crippen MR) is 74.5 cm³/mol. The zero-order chi connectivity index (χ0) is 14.8. The van der Waals surface area contributed by atoms with Gasteiger partial charge in [-0.05, 0) is 24.6 Å². The van der Waals surface area contributed by atoms with Crippen LogP contribution in [0, 0.1) is 0 Å². The first-order valence-corrected chi connectivity index (χ1v) is 6.46. The van der Waals surface area contributed by atoms with Crippen LogP contribution in [-0.2, 0) is 16.1 Å². The molecule has 0 heterocycles. The van der Waals surface area contributed by atoms with Gasteiger partial charge in [0.15, 0.2) is 0 Å². The van der Waals surface area contributed by atoms with E-state index in [1.807, 2.05) is 24.3 Å². The summed E-state index contributed by atoms with van der Waals surface area (Å²) >= 11 is 0. The molecule has 6 heteroatoms. The molecule has 20 heavy (non-hydrogen) atoms. The molecule has 2 amide bonds. The summed E-state index contributed by atoms with van der Waals surface area (Å²) in [5.74, 6) is 0.454. The number of hydrogen-bond donors (Lipinski definition) is 2. The van der Waals surface area contributed by atoms with Crippen molar-refractivity contribution in [2.45, 2.75) is 19.9 Å². The molecule has 0 spiro atoms. The standard InChI is InChI=1S/C14H20N2O4/c1-3-20-13(17)8-9-15-14(18)16-10-11-4-6-12(19-2)7-5-11/h4-7H,3,8-10H2,1-2H3,(H2,15,16,18). The molecule has 0 saturated heterocycles. The molecule has 0 fully saturated rings. The number of hydrogen-bond acceptors (Lipinski definition) is 4. The molecule has 0 aromatic heterocycles. The number of esters is 1. The first-order chi connectivity index (χ1) is 9.65. The van der Waals surface area contributed by atoms with Gasteiger partial charge in [0.05, 0.1) is 20.1 Å². The molecule has 2 N–H and O–H groups in total. The molecule has 1 rings (SSSR count). The van der Waals surface area contributed by atoms with Gasteiger partial charge in [-0.15, -0.1) is 0 Å². The highest BCUT2D eigenvalue weighted by Crippen LogP contribution is 2.10. The van der Waals surface area contributed by atoms with Crippen LogP contribution in [0.15, 0.2) is 24.3 Å². The first-order valence-electron chi connectivity index (χ1n) is 6.46. The summed E-state index contributed by atoms with van der Waals surface area (Å²) in [4.78, 5) is 22.5. The second-order valence-corrected chi connectivity index (χ2v) is 4.01. The van der Waals surface area contributed by atoms with Crippen LogP contribution in [0.25, 0.3) is 0 Å². The minimum Gasteiger partial charge on any atom is -0.497 e. The van der Waals surface area contributed by atoms with Crippen molar-refractivity contribution < 1.29 is 19.1 Å². The molecule has 0 aliphatic rings. The van der Waals surface area contributed by atoms with Gasteiger partial charge in [0.25, 0.3) is 0 Å².